The van der Waals surface area contributed by atoms with E-state index in [-0.39, 0.29) is 23.0 Å². The van der Waals surface area contributed by atoms with Crippen LogP contribution in [0.25, 0.3) is 10.9 Å². The Morgan fingerprint density at radius 3 is 2.59 bits per heavy atom. The third-order valence-electron chi connectivity index (χ3n) is 6.05. The molecule has 194 valence electrons. The van der Waals surface area contributed by atoms with Gasteiger partial charge in [-0.25, -0.2) is 4.98 Å². The molecule has 4 aromatic rings. The zero-order chi connectivity index (χ0) is 26.3. The van der Waals surface area contributed by atoms with Crippen LogP contribution in [-0.4, -0.2) is 58.7 Å². The van der Waals surface area contributed by atoms with Crippen LogP contribution < -0.4 is 5.32 Å². The highest BCUT2D eigenvalue weighted by atomic mass is 79.9. The highest BCUT2D eigenvalue weighted by molar-refractivity contribution is 9.10. The topological polar surface area (TPSA) is 106 Å². The van der Waals surface area contributed by atoms with Gasteiger partial charge in [0.15, 0.2) is 0 Å². The maximum Gasteiger partial charge on any atom is 0.283 e. The number of ether oxygens (including phenoxy) is 1. The van der Waals surface area contributed by atoms with Crippen LogP contribution in [0, 0.1) is 6.92 Å². The minimum absolute atomic E-state index is 0.132. The van der Waals surface area contributed by atoms with Crippen molar-refractivity contribution in [3.05, 3.63) is 68.7 Å². The van der Waals surface area contributed by atoms with Gasteiger partial charge in [-0.05, 0) is 45.0 Å². The Hall–Kier alpha value is -2.64. The number of aromatic nitrogens is 3. The number of benzene rings is 2. The minimum Gasteiger partial charge on any atom is -0.373 e. The number of anilines is 1. The SMILES string of the molecule is Cc1ccc(S(=O)(=O)n2ncc3c(NC(=O)c4csc(CN5C[C@@H](C)O[C@@H](C)C5)n4)cc(Br)cc32)cc1. The molecular weight excluding hydrogens is 578 g/mol. The van der Waals surface area contributed by atoms with Crippen molar-refractivity contribution in [2.45, 2.75) is 44.4 Å². The summed E-state index contributed by atoms with van der Waals surface area (Å²) in [7, 11) is -3.92. The van der Waals surface area contributed by atoms with Crippen LogP contribution in [0.5, 0.6) is 0 Å². The van der Waals surface area contributed by atoms with Crippen molar-refractivity contribution < 1.29 is 17.9 Å². The van der Waals surface area contributed by atoms with E-state index in [0.29, 0.717) is 33.3 Å². The molecule has 1 amide bonds. The summed E-state index contributed by atoms with van der Waals surface area (Å²) in [6.07, 6.45) is 1.75. The van der Waals surface area contributed by atoms with Gasteiger partial charge in [0.1, 0.15) is 10.7 Å². The first kappa shape index (κ1) is 26.0. The largest absolute Gasteiger partial charge is 0.373 e. The van der Waals surface area contributed by atoms with Crippen molar-refractivity contribution in [2.75, 3.05) is 18.4 Å². The standard InChI is InChI=1S/C25H26BrN5O4S2/c1-15-4-6-19(7-5-15)37(33,34)31-23-9-18(26)8-21(20(23)10-27-31)29-25(32)22-14-36-24(28-22)13-30-11-16(2)35-17(3)12-30/h4-10,14,16-17H,11-13H2,1-3H3,(H,29,32)/t16-,17+. The summed E-state index contributed by atoms with van der Waals surface area (Å²) in [6.45, 7) is 8.28. The molecule has 0 aliphatic carbocycles. The van der Waals surface area contributed by atoms with Gasteiger partial charge in [0.05, 0.1) is 41.0 Å². The van der Waals surface area contributed by atoms with E-state index in [4.69, 9.17) is 4.74 Å². The van der Waals surface area contributed by atoms with Crippen molar-refractivity contribution in [1.29, 1.82) is 0 Å². The van der Waals surface area contributed by atoms with Gasteiger partial charge in [0.25, 0.3) is 15.9 Å². The molecule has 1 aliphatic heterocycles. The molecule has 9 nitrogen and oxygen atoms in total. The van der Waals surface area contributed by atoms with Gasteiger partial charge >= 0.3 is 0 Å². The highest BCUT2D eigenvalue weighted by Crippen LogP contribution is 2.31. The number of carbonyl (C=O) groups excluding carboxylic acids is 1. The summed E-state index contributed by atoms with van der Waals surface area (Å²) in [5.74, 6) is -0.375. The van der Waals surface area contributed by atoms with Gasteiger partial charge in [-0.1, -0.05) is 33.6 Å². The number of nitrogens with one attached hydrogen (secondary N) is 1. The quantitative estimate of drug-likeness (QED) is 0.341. The van der Waals surface area contributed by atoms with Crippen LogP contribution in [0.15, 0.2) is 57.3 Å². The third kappa shape index (κ3) is 5.48. The Bertz CT molecular complexity index is 1560. The first-order valence-corrected chi connectivity index (χ1v) is 14.8. The molecule has 0 radical (unpaired) electrons. The molecule has 2 atom stereocenters. The molecule has 1 saturated heterocycles. The maximum absolute atomic E-state index is 13.3. The third-order valence-corrected chi connectivity index (χ3v) is 8.96. The van der Waals surface area contributed by atoms with Crippen LogP contribution in [0.1, 0.15) is 34.9 Å². The monoisotopic (exact) mass is 603 g/mol. The predicted octanol–water partition coefficient (Wildman–Crippen LogP) is 4.66. The van der Waals surface area contributed by atoms with Gasteiger partial charge < -0.3 is 10.1 Å². The minimum atomic E-state index is -3.92. The fourth-order valence-electron chi connectivity index (χ4n) is 4.45. The second-order valence-corrected chi connectivity index (χ2v) is 12.8. The molecule has 12 heteroatoms. The van der Waals surface area contributed by atoms with E-state index >= 15 is 0 Å². The van der Waals surface area contributed by atoms with Crippen molar-refractivity contribution >= 4 is 59.8 Å². The van der Waals surface area contributed by atoms with Crippen molar-refractivity contribution in [1.82, 2.24) is 19.1 Å². The van der Waals surface area contributed by atoms with Crippen LogP contribution in [0.4, 0.5) is 5.69 Å². The summed E-state index contributed by atoms with van der Waals surface area (Å²) in [5.41, 5.74) is 2.04. The number of fused-ring (bicyclic) bond motifs is 1. The first-order valence-electron chi connectivity index (χ1n) is 11.7. The summed E-state index contributed by atoms with van der Waals surface area (Å²) in [4.78, 5) is 20.0. The van der Waals surface area contributed by atoms with Crippen LogP contribution in [-0.2, 0) is 21.3 Å². The van der Waals surface area contributed by atoms with E-state index in [1.807, 2.05) is 6.92 Å². The Balaban J connectivity index is 1.38. The number of hydrogen-bond acceptors (Lipinski definition) is 8. The number of carbonyl (C=O) groups is 1. The van der Waals surface area contributed by atoms with Gasteiger partial charge in [0.2, 0.25) is 0 Å². The molecule has 2 aromatic heterocycles. The highest BCUT2D eigenvalue weighted by Gasteiger charge is 2.25. The molecule has 37 heavy (non-hydrogen) atoms. The number of halogens is 1. The second kappa shape index (κ2) is 10.3. The molecule has 0 bridgehead atoms. The normalized spacial score (nSPS) is 18.8. The number of hydrogen-bond donors (Lipinski definition) is 1. The summed E-state index contributed by atoms with van der Waals surface area (Å²) >= 11 is 4.87. The number of rotatable bonds is 6. The van der Waals surface area contributed by atoms with Crippen LogP contribution in [0.3, 0.4) is 0 Å². The van der Waals surface area contributed by atoms with E-state index in [1.165, 1.54) is 17.5 Å². The van der Waals surface area contributed by atoms with Crippen LogP contribution >= 0.6 is 27.3 Å². The number of morpholine rings is 1. The average molecular weight is 605 g/mol. The Kier molecular flexibility index (Phi) is 7.20. The molecular formula is C25H26BrN5O4S2. The second-order valence-electron chi connectivity index (χ2n) is 9.22. The van der Waals surface area contributed by atoms with E-state index in [1.54, 1.807) is 41.8 Å². The maximum atomic E-state index is 13.3. The lowest BCUT2D eigenvalue weighted by Gasteiger charge is -2.34. The number of nitrogens with zero attached hydrogens (tertiary/aromatic N) is 4. The van der Waals surface area contributed by atoms with Gasteiger partial charge in [-0.15, -0.1) is 11.3 Å². The van der Waals surface area contributed by atoms with E-state index in [2.05, 4.69) is 50.1 Å². The van der Waals surface area contributed by atoms with Crippen molar-refractivity contribution in [3.63, 3.8) is 0 Å². The zero-order valence-electron chi connectivity index (χ0n) is 20.5. The van der Waals surface area contributed by atoms with E-state index in [9.17, 15) is 13.2 Å². The molecule has 1 N–H and O–H groups in total. The van der Waals surface area contributed by atoms with E-state index in [0.717, 1.165) is 27.7 Å². The van der Waals surface area contributed by atoms with Crippen LogP contribution in [0.2, 0.25) is 0 Å². The van der Waals surface area contributed by atoms with Crippen molar-refractivity contribution in [2.24, 2.45) is 0 Å². The van der Waals surface area contributed by atoms with Gasteiger partial charge in [-0.2, -0.15) is 17.6 Å². The summed E-state index contributed by atoms with van der Waals surface area (Å²) in [6, 6.07) is 9.96. The molecule has 2 aromatic carbocycles. The lowest BCUT2D eigenvalue weighted by atomic mass is 10.2. The lowest BCUT2D eigenvalue weighted by molar-refractivity contribution is -0.0705. The number of amides is 1. The predicted molar refractivity (Wildman–Crippen MR) is 147 cm³/mol. The van der Waals surface area contributed by atoms with Gasteiger partial charge in [-0.3, -0.25) is 9.69 Å². The number of aryl methyl sites for hydroxylation is 1. The molecule has 1 fully saturated rings. The summed E-state index contributed by atoms with van der Waals surface area (Å²) < 4.78 is 33.9. The smallest absolute Gasteiger partial charge is 0.283 e. The molecule has 1 aliphatic rings. The van der Waals surface area contributed by atoms with E-state index < -0.39 is 10.0 Å². The van der Waals surface area contributed by atoms with Crippen molar-refractivity contribution in [3.8, 4) is 0 Å². The van der Waals surface area contributed by atoms with Gasteiger partial charge in [0, 0.05) is 28.3 Å². The molecule has 0 spiro atoms. The molecule has 5 rings (SSSR count). The molecule has 3 heterocycles. The molecule has 0 saturated carbocycles. The molecule has 0 unspecified atom stereocenters. The first-order chi connectivity index (χ1) is 17.6. The summed E-state index contributed by atoms with van der Waals surface area (Å²) in [5, 5.41) is 10.1. The Morgan fingerprint density at radius 2 is 1.89 bits per heavy atom. The average Bonchev–Trinajstić information content (AvgIpc) is 3.46. The lowest BCUT2D eigenvalue weighted by Crippen LogP contribution is -2.44. The fraction of sp³-hybridized carbons (Fsp3) is 0.320. The zero-order valence-corrected chi connectivity index (χ0v) is 23.7. The fourth-order valence-corrected chi connectivity index (χ4v) is 6.98. The number of thiazole rings is 1. The Morgan fingerprint density at radius 1 is 1.19 bits per heavy atom. The Labute approximate surface area is 227 Å².